The first-order valence-corrected chi connectivity index (χ1v) is 9.52. The molecule has 3 aromatic heterocycles. The van der Waals surface area contributed by atoms with Crippen LogP contribution in [-0.4, -0.2) is 38.0 Å². The van der Waals surface area contributed by atoms with Gasteiger partial charge in [-0.15, -0.1) is 5.10 Å². The van der Waals surface area contributed by atoms with E-state index in [1.165, 1.54) is 30.8 Å². The van der Waals surface area contributed by atoms with Crippen LogP contribution in [0.4, 0.5) is 0 Å². The summed E-state index contributed by atoms with van der Waals surface area (Å²) in [4.78, 5) is 20.1. The number of benzene rings is 1. The number of carbonyl (C=O) groups excluding carboxylic acids is 1. The van der Waals surface area contributed by atoms with E-state index in [4.69, 9.17) is 4.42 Å². The van der Waals surface area contributed by atoms with Gasteiger partial charge in [-0.1, -0.05) is 46.8 Å². The number of carbonyl (C=O) groups is 1. The Balaban J connectivity index is 1.52. The quantitative estimate of drug-likeness (QED) is 0.279. The van der Waals surface area contributed by atoms with Crippen molar-refractivity contribution >= 4 is 28.9 Å². The fourth-order valence-electron chi connectivity index (χ4n) is 2.66. The number of thioether (sulfide) groups is 1. The molecule has 142 valence electrons. The average molecular weight is 395 g/mol. The van der Waals surface area contributed by atoms with Gasteiger partial charge in [0.05, 0.1) is 19.4 Å². The molecule has 0 saturated heterocycles. The van der Waals surface area contributed by atoms with E-state index in [1.54, 1.807) is 16.8 Å². The van der Waals surface area contributed by atoms with Crippen LogP contribution in [0.2, 0.25) is 0 Å². The number of aromatic nitrogens is 5. The second kappa shape index (κ2) is 7.81. The molecule has 0 amide bonds. The van der Waals surface area contributed by atoms with Gasteiger partial charge in [0.2, 0.25) is 5.76 Å². The summed E-state index contributed by atoms with van der Waals surface area (Å²) in [5.74, 6) is 0.812. The van der Waals surface area contributed by atoms with Crippen molar-refractivity contribution in [1.82, 2.24) is 25.0 Å². The molecule has 0 fully saturated rings. The number of methoxy groups -OCH3 is 1. The molecule has 0 aliphatic carbocycles. The zero-order valence-corrected chi connectivity index (χ0v) is 16.1. The third-order valence-corrected chi connectivity index (χ3v) is 5.12. The van der Waals surface area contributed by atoms with Gasteiger partial charge in [0.15, 0.2) is 11.2 Å². The number of nitrogens with zero attached hydrogens (tertiary/aromatic N) is 5. The molecule has 28 heavy (non-hydrogen) atoms. The first kappa shape index (κ1) is 18.2. The lowest BCUT2D eigenvalue weighted by Gasteiger charge is -2.03. The van der Waals surface area contributed by atoms with Crippen molar-refractivity contribution < 1.29 is 13.9 Å². The van der Waals surface area contributed by atoms with Crippen molar-refractivity contribution in [2.24, 2.45) is 0 Å². The normalized spacial score (nSPS) is 11.1. The zero-order chi connectivity index (χ0) is 19.5. The van der Waals surface area contributed by atoms with Crippen molar-refractivity contribution in [3.63, 3.8) is 0 Å². The largest absolute Gasteiger partial charge is 0.463 e. The van der Waals surface area contributed by atoms with Crippen LogP contribution in [0.15, 0.2) is 52.2 Å². The molecule has 0 N–H and O–H groups in total. The van der Waals surface area contributed by atoms with Crippen molar-refractivity contribution in [2.45, 2.75) is 24.2 Å². The number of aryl methyl sites for hydroxylation is 1. The Bertz CT molecular complexity index is 1120. The van der Waals surface area contributed by atoms with Gasteiger partial charge in [-0.25, -0.2) is 19.4 Å². The Hall–Kier alpha value is -3.20. The van der Waals surface area contributed by atoms with E-state index in [0.717, 1.165) is 5.56 Å². The highest BCUT2D eigenvalue weighted by Gasteiger charge is 2.15. The number of fused-ring (bicyclic) bond motifs is 1. The Morgan fingerprint density at radius 1 is 1.18 bits per heavy atom. The van der Waals surface area contributed by atoms with E-state index in [-0.39, 0.29) is 5.76 Å². The number of rotatable bonds is 6. The van der Waals surface area contributed by atoms with E-state index in [1.807, 2.05) is 0 Å². The predicted octanol–water partition coefficient (Wildman–Crippen LogP) is 3.25. The molecular formula is C19H17N5O3S. The van der Waals surface area contributed by atoms with Gasteiger partial charge in [0, 0.05) is 0 Å². The molecule has 0 spiro atoms. The SMILES string of the molecule is COC(=O)c1ccc(CSc2ncnc3c2nnn3Cc2ccc(C)cc2)o1. The third-order valence-electron chi connectivity index (χ3n) is 4.12. The van der Waals surface area contributed by atoms with Crippen LogP contribution in [0.25, 0.3) is 11.2 Å². The van der Waals surface area contributed by atoms with Crippen LogP contribution in [0.5, 0.6) is 0 Å². The second-order valence-corrected chi connectivity index (χ2v) is 7.09. The highest BCUT2D eigenvalue weighted by molar-refractivity contribution is 7.98. The van der Waals surface area contributed by atoms with Crippen LogP contribution in [-0.2, 0) is 17.0 Å². The van der Waals surface area contributed by atoms with Crippen LogP contribution in [0.3, 0.4) is 0 Å². The minimum Gasteiger partial charge on any atom is -0.463 e. The Morgan fingerprint density at radius 2 is 2.00 bits per heavy atom. The minimum absolute atomic E-state index is 0.176. The molecule has 9 heteroatoms. The highest BCUT2D eigenvalue weighted by Crippen LogP contribution is 2.27. The maximum atomic E-state index is 11.5. The summed E-state index contributed by atoms with van der Waals surface area (Å²) in [5.41, 5.74) is 3.64. The average Bonchev–Trinajstić information content (AvgIpc) is 3.35. The monoisotopic (exact) mass is 395 g/mol. The lowest BCUT2D eigenvalue weighted by molar-refractivity contribution is 0.0563. The molecule has 0 bridgehead atoms. The fraction of sp³-hybridized carbons (Fsp3) is 0.211. The van der Waals surface area contributed by atoms with Gasteiger partial charge in [-0.05, 0) is 24.6 Å². The summed E-state index contributed by atoms with van der Waals surface area (Å²) < 4.78 is 11.9. The highest BCUT2D eigenvalue weighted by atomic mass is 32.2. The summed E-state index contributed by atoms with van der Waals surface area (Å²) in [6, 6.07) is 11.6. The lowest BCUT2D eigenvalue weighted by atomic mass is 10.1. The van der Waals surface area contributed by atoms with Gasteiger partial charge < -0.3 is 9.15 Å². The summed E-state index contributed by atoms with van der Waals surface area (Å²) >= 11 is 1.44. The predicted molar refractivity (Wildman–Crippen MR) is 103 cm³/mol. The first-order valence-electron chi connectivity index (χ1n) is 8.53. The summed E-state index contributed by atoms with van der Waals surface area (Å²) in [7, 11) is 1.32. The Kier molecular flexibility index (Phi) is 5.07. The minimum atomic E-state index is -0.500. The fourth-order valence-corrected chi connectivity index (χ4v) is 3.48. The van der Waals surface area contributed by atoms with Crippen LogP contribution < -0.4 is 0 Å². The van der Waals surface area contributed by atoms with E-state index >= 15 is 0 Å². The molecule has 0 radical (unpaired) electrons. The molecule has 1 aromatic carbocycles. The maximum Gasteiger partial charge on any atom is 0.373 e. The number of hydrogen-bond donors (Lipinski definition) is 0. The number of ether oxygens (including phenoxy) is 1. The molecule has 0 aliphatic heterocycles. The Morgan fingerprint density at radius 3 is 2.79 bits per heavy atom. The molecular weight excluding hydrogens is 378 g/mol. The van der Waals surface area contributed by atoms with E-state index in [9.17, 15) is 4.79 Å². The molecule has 0 aliphatic rings. The number of furan rings is 1. The molecule has 0 atom stereocenters. The zero-order valence-electron chi connectivity index (χ0n) is 15.3. The molecule has 4 rings (SSSR count). The molecule has 8 nitrogen and oxygen atoms in total. The smallest absolute Gasteiger partial charge is 0.373 e. The van der Waals surface area contributed by atoms with Crippen LogP contribution in [0, 0.1) is 6.92 Å². The van der Waals surface area contributed by atoms with E-state index < -0.39 is 5.97 Å². The molecule has 0 saturated carbocycles. The van der Waals surface area contributed by atoms with Gasteiger partial charge in [-0.3, -0.25) is 0 Å². The molecule has 0 unspecified atom stereocenters. The molecule has 3 heterocycles. The lowest BCUT2D eigenvalue weighted by Crippen LogP contribution is -2.03. The van der Waals surface area contributed by atoms with Gasteiger partial charge in [0.1, 0.15) is 17.1 Å². The number of esters is 1. The maximum absolute atomic E-state index is 11.5. The Labute approximate surface area is 164 Å². The molecule has 4 aromatic rings. The van der Waals surface area contributed by atoms with E-state index in [0.29, 0.717) is 34.2 Å². The van der Waals surface area contributed by atoms with Crippen molar-refractivity contribution in [2.75, 3.05) is 7.11 Å². The van der Waals surface area contributed by atoms with Crippen molar-refractivity contribution in [3.05, 3.63) is 65.4 Å². The third kappa shape index (κ3) is 3.74. The van der Waals surface area contributed by atoms with Gasteiger partial charge >= 0.3 is 5.97 Å². The topological polar surface area (TPSA) is 95.9 Å². The van der Waals surface area contributed by atoms with Crippen LogP contribution in [0.1, 0.15) is 27.4 Å². The summed E-state index contributed by atoms with van der Waals surface area (Å²) in [6.07, 6.45) is 1.50. The summed E-state index contributed by atoms with van der Waals surface area (Å²) in [5, 5.41) is 9.19. The second-order valence-electron chi connectivity index (χ2n) is 6.13. The number of hydrogen-bond acceptors (Lipinski definition) is 8. The van der Waals surface area contributed by atoms with Crippen molar-refractivity contribution in [1.29, 1.82) is 0 Å². The first-order chi connectivity index (χ1) is 13.6. The standard InChI is InChI=1S/C19H17N5O3S/c1-12-3-5-13(6-4-12)9-24-17-16(22-23-24)18(21-11-20-17)28-10-14-7-8-15(27-14)19(25)26-2/h3-8,11H,9-10H2,1-2H3. The van der Waals surface area contributed by atoms with Gasteiger partial charge in [-0.2, -0.15) is 0 Å². The van der Waals surface area contributed by atoms with Gasteiger partial charge in [0.25, 0.3) is 0 Å². The van der Waals surface area contributed by atoms with Crippen molar-refractivity contribution in [3.8, 4) is 0 Å². The summed E-state index contributed by atoms with van der Waals surface area (Å²) in [6.45, 7) is 2.64. The van der Waals surface area contributed by atoms with E-state index in [2.05, 4.69) is 56.2 Å². The van der Waals surface area contributed by atoms with Crippen LogP contribution >= 0.6 is 11.8 Å².